The van der Waals surface area contributed by atoms with Crippen molar-refractivity contribution in [3.63, 3.8) is 0 Å². The maximum atomic E-state index is 12.5. The van der Waals surface area contributed by atoms with Crippen molar-refractivity contribution in [2.45, 2.75) is 32.4 Å². The number of para-hydroxylation sites is 3. The number of hydrogen-bond acceptors (Lipinski definition) is 6. The van der Waals surface area contributed by atoms with Gasteiger partial charge in [0.1, 0.15) is 11.6 Å². The summed E-state index contributed by atoms with van der Waals surface area (Å²) in [4.78, 5) is 12.4. The average Bonchev–Trinajstić information content (AvgIpc) is 3.38. The van der Waals surface area contributed by atoms with Gasteiger partial charge in [-0.05, 0) is 18.2 Å². The lowest BCUT2D eigenvalue weighted by Gasteiger charge is -2.13. The highest BCUT2D eigenvalue weighted by Gasteiger charge is 2.31. The molecule has 0 bridgehead atoms. The van der Waals surface area contributed by atoms with Crippen LogP contribution in [-0.2, 0) is 26.1 Å². The van der Waals surface area contributed by atoms with Crippen LogP contribution in [0.5, 0.6) is 5.75 Å². The summed E-state index contributed by atoms with van der Waals surface area (Å²) in [5.74, 6) is 0.701. The van der Waals surface area contributed by atoms with E-state index in [9.17, 15) is 13.2 Å². The zero-order chi connectivity index (χ0) is 22.4. The van der Waals surface area contributed by atoms with Gasteiger partial charge in [-0.2, -0.15) is 0 Å². The second kappa shape index (κ2) is 10.1. The zero-order valence-electron chi connectivity index (χ0n) is 17.1. The van der Waals surface area contributed by atoms with E-state index >= 15 is 0 Å². The first-order chi connectivity index (χ1) is 15.5. The van der Waals surface area contributed by atoms with Crippen LogP contribution in [0.1, 0.15) is 22.1 Å². The Bertz CT molecular complexity index is 1120. The molecule has 0 unspecified atom stereocenters. The van der Waals surface area contributed by atoms with E-state index < -0.39 is 6.36 Å². The summed E-state index contributed by atoms with van der Waals surface area (Å²) in [6.07, 6.45) is -3.93. The van der Waals surface area contributed by atoms with Crippen LogP contribution < -0.4 is 15.4 Å². The second-order valence-electron chi connectivity index (χ2n) is 7.12. The summed E-state index contributed by atoms with van der Waals surface area (Å²) < 4.78 is 41.6. The van der Waals surface area contributed by atoms with Crippen LogP contribution in [0.25, 0.3) is 11.0 Å². The van der Waals surface area contributed by atoms with Gasteiger partial charge in [0.05, 0.1) is 28.3 Å². The van der Waals surface area contributed by atoms with Gasteiger partial charge in [0.15, 0.2) is 0 Å². The molecule has 3 N–H and O–H groups in total. The number of H-pyrrole nitrogens is 1. The molecule has 6 nitrogen and oxygen atoms in total. The predicted octanol–water partition coefficient (Wildman–Crippen LogP) is 4.54. The molecule has 0 aliphatic heterocycles. The molecule has 32 heavy (non-hydrogen) atoms. The number of benzene rings is 2. The average molecular weight is 462 g/mol. The third-order valence-corrected chi connectivity index (χ3v) is 5.62. The molecule has 2 aromatic carbocycles. The molecule has 0 radical (unpaired) electrons. The number of nitrogens with zero attached hydrogens (tertiary/aromatic N) is 2. The van der Waals surface area contributed by atoms with E-state index in [0.717, 1.165) is 40.5 Å². The van der Waals surface area contributed by atoms with Gasteiger partial charge >= 0.3 is 6.36 Å². The van der Waals surface area contributed by atoms with E-state index in [0.29, 0.717) is 18.7 Å². The van der Waals surface area contributed by atoms with E-state index in [1.807, 2.05) is 29.6 Å². The Kier molecular flexibility index (Phi) is 7.03. The third-order valence-electron chi connectivity index (χ3n) is 4.67. The minimum absolute atomic E-state index is 0.193. The summed E-state index contributed by atoms with van der Waals surface area (Å²) in [6, 6.07) is 14.0. The largest absolute Gasteiger partial charge is 0.573 e. The van der Waals surface area contributed by atoms with Crippen molar-refractivity contribution >= 4 is 22.4 Å². The van der Waals surface area contributed by atoms with Crippen molar-refractivity contribution in [3.8, 4) is 5.75 Å². The summed E-state index contributed by atoms with van der Waals surface area (Å²) in [7, 11) is 0. The molecule has 0 amide bonds. The Balaban J connectivity index is 1.20. The molecular formula is C22H22F3N5OS. The van der Waals surface area contributed by atoms with Crippen LogP contribution >= 0.6 is 11.3 Å². The van der Waals surface area contributed by atoms with Crippen molar-refractivity contribution in [1.29, 1.82) is 0 Å². The molecule has 0 saturated carbocycles. The van der Waals surface area contributed by atoms with Crippen molar-refractivity contribution in [3.05, 3.63) is 76.0 Å². The lowest BCUT2D eigenvalue weighted by Crippen LogP contribution is -2.20. The first-order valence-electron chi connectivity index (χ1n) is 10.1. The topological polar surface area (TPSA) is 74.9 Å². The number of halogens is 3. The number of fused-ring (bicyclic) bond motifs is 1. The molecule has 0 saturated heterocycles. The molecule has 2 aromatic heterocycles. The summed E-state index contributed by atoms with van der Waals surface area (Å²) >= 11 is 1.57. The van der Waals surface area contributed by atoms with E-state index in [4.69, 9.17) is 0 Å². The standard InChI is InChI=1S/C22H22F3N5OS/c23-22(24,25)31-19-8-4-1-5-15(19)11-27-12-16-14-32-21(28-16)9-10-26-13-20-29-17-6-2-3-7-18(17)30-20/h1-8,14,26-27H,9-13H2,(H,29,30). The van der Waals surface area contributed by atoms with Gasteiger partial charge in [-0.25, -0.2) is 9.97 Å². The Hall–Kier alpha value is -2.95. The van der Waals surface area contributed by atoms with Gasteiger partial charge in [0.25, 0.3) is 0 Å². The molecule has 10 heteroatoms. The monoisotopic (exact) mass is 461 g/mol. The van der Waals surface area contributed by atoms with Crippen molar-refractivity contribution in [1.82, 2.24) is 25.6 Å². The summed E-state index contributed by atoms with van der Waals surface area (Å²) in [6.45, 7) is 2.12. The van der Waals surface area contributed by atoms with Gasteiger partial charge in [0, 0.05) is 37.0 Å². The number of thiazole rings is 1. The highest BCUT2D eigenvalue weighted by molar-refractivity contribution is 7.09. The van der Waals surface area contributed by atoms with Gasteiger partial charge in [0.2, 0.25) is 0 Å². The second-order valence-corrected chi connectivity index (χ2v) is 8.06. The first kappa shape index (κ1) is 22.3. The first-order valence-corrected chi connectivity index (χ1v) is 11.0. The highest BCUT2D eigenvalue weighted by Crippen LogP contribution is 2.26. The minimum atomic E-state index is -4.71. The summed E-state index contributed by atoms with van der Waals surface area (Å²) in [5.41, 5.74) is 3.27. The van der Waals surface area contributed by atoms with Gasteiger partial charge < -0.3 is 20.4 Å². The Labute approximate surface area is 186 Å². The maximum absolute atomic E-state index is 12.5. The lowest BCUT2D eigenvalue weighted by molar-refractivity contribution is -0.274. The van der Waals surface area contributed by atoms with Crippen LogP contribution in [0.2, 0.25) is 0 Å². The SMILES string of the molecule is FC(F)(F)Oc1ccccc1CNCc1csc(CCNCc2nc3ccccc3[nH]2)n1. The zero-order valence-corrected chi connectivity index (χ0v) is 17.9. The lowest BCUT2D eigenvalue weighted by atomic mass is 10.2. The number of alkyl halides is 3. The fourth-order valence-corrected chi connectivity index (χ4v) is 4.03. The molecular weight excluding hydrogens is 439 g/mol. The molecule has 4 rings (SSSR count). The van der Waals surface area contributed by atoms with E-state index in [1.54, 1.807) is 23.5 Å². The van der Waals surface area contributed by atoms with E-state index in [1.165, 1.54) is 12.1 Å². The summed E-state index contributed by atoms with van der Waals surface area (Å²) in [5, 5.41) is 9.45. The predicted molar refractivity (Wildman–Crippen MR) is 117 cm³/mol. The smallest absolute Gasteiger partial charge is 0.405 e. The fraction of sp³-hybridized carbons (Fsp3) is 0.273. The minimum Gasteiger partial charge on any atom is -0.405 e. The van der Waals surface area contributed by atoms with Crippen LogP contribution in [-0.4, -0.2) is 27.9 Å². The number of ether oxygens (including phenoxy) is 1. The number of nitrogens with one attached hydrogen (secondary N) is 3. The molecule has 0 aliphatic carbocycles. The number of rotatable bonds is 10. The van der Waals surface area contributed by atoms with Crippen LogP contribution in [0, 0.1) is 0 Å². The highest BCUT2D eigenvalue weighted by atomic mass is 32.1. The Morgan fingerprint density at radius 1 is 0.938 bits per heavy atom. The number of hydrogen-bond donors (Lipinski definition) is 3. The molecule has 168 valence electrons. The van der Waals surface area contributed by atoms with Gasteiger partial charge in [-0.1, -0.05) is 30.3 Å². The van der Waals surface area contributed by atoms with Gasteiger partial charge in [-0.15, -0.1) is 24.5 Å². The molecule has 0 spiro atoms. The third kappa shape index (κ3) is 6.28. The normalized spacial score (nSPS) is 11.8. The number of aromatic amines is 1. The van der Waals surface area contributed by atoms with Crippen molar-refractivity contribution in [2.24, 2.45) is 0 Å². The number of imidazole rings is 1. The number of aromatic nitrogens is 3. The quantitative estimate of drug-likeness (QED) is 0.303. The maximum Gasteiger partial charge on any atom is 0.573 e. The van der Waals surface area contributed by atoms with Crippen LogP contribution in [0.4, 0.5) is 13.2 Å². The van der Waals surface area contributed by atoms with Crippen molar-refractivity contribution in [2.75, 3.05) is 6.54 Å². The van der Waals surface area contributed by atoms with Crippen molar-refractivity contribution < 1.29 is 17.9 Å². The van der Waals surface area contributed by atoms with Gasteiger partial charge in [-0.3, -0.25) is 0 Å². The van der Waals surface area contributed by atoms with E-state index in [2.05, 4.69) is 30.3 Å². The molecule has 2 heterocycles. The van der Waals surface area contributed by atoms with E-state index in [-0.39, 0.29) is 12.3 Å². The van der Waals surface area contributed by atoms with Crippen LogP contribution in [0.3, 0.4) is 0 Å². The van der Waals surface area contributed by atoms with Crippen LogP contribution in [0.15, 0.2) is 53.9 Å². The molecule has 0 aliphatic rings. The molecule has 0 fully saturated rings. The fourth-order valence-electron chi connectivity index (χ4n) is 3.24. The Morgan fingerprint density at radius 2 is 1.75 bits per heavy atom. The Morgan fingerprint density at radius 3 is 2.59 bits per heavy atom. The molecule has 0 atom stereocenters. The molecule has 4 aromatic rings.